The second kappa shape index (κ2) is 24.2. The van der Waals surface area contributed by atoms with Gasteiger partial charge in [0.2, 0.25) is 11.9 Å². The van der Waals surface area contributed by atoms with Gasteiger partial charge in [0.05, 0.1) is 12.1 Å². The van der Waals surface area contributed by atoms with E-state index in [-0.39, 0.29) is 71.9 Å². The van der Waals surface area contributed by atoms with Crippen LogP contribution in [0.15, 0.2) is 58.1 Å². The largest absolute Gasteiger partial charge is 0.481 e. The van der Waals surface area contributed by atoms with E-state index >= 15 is 0 Å². The molecule has 4 aromatic rings. The molecule has 0 saturated heterocycles. The van der Waals surface area contributed by atoms with Gasteiger partial charge in [-0.05, 0) is 61.4 Å². The fraction of sp³-hybridized carbons (Fsp3) is 0.316. The Balaban J connectivity index is 0.000000274. The monoisotopic (exact) mass is 988 g/mol. The van der Waals surface area contributed by atoms with Crippen LogP contribution in [0.25, 0.3) is 0 Å². The number of fused-ring (bicyclic) bond motifs is 2. The summed E-state index contributed by atoms with van der Waals surface area (Å²) in [5.74, 6) is -5.28. The first-order chi connectivity index (χ1) is 32.4. The molecule has 20 N–H and O–H groups in total. The van der Waals surface area contributed by atoms with Crippen molar-refractivity contribution in [3.8, 4) is 0 Å². The van der Waals surface area contributed by atoms with Crippen molar-refractivity contribution in [2.75, 3.05) is 69.5 Å². The van der Waals surface area contributed by atoms with Gasteiger partial charge >= 0.3 is 34.3 Å². The third-order valence-corrected chi connectivity index (χ3v) is 9.50. The van der Waals surface area contributed by atoms with Crippen LogP contribution in [0.1, 0.15) is 46.4 Å². The number of nitrogens with zero attached hydrogens (tertiary/aromatic N) is 2. The van der Waals surface area contributed by atoms with E-state index in [1.807, 2.05) is 0 Å². The lowest BCUT2D eigenvalue weighted by molar-refractivity contribution is -0.142. The number of benzene rings is 2. The Bertz CT molecular complexity index is 2560. The zero-order valence-electron chi connectivity index (χ0n) is 35.8. The highest BCUT2D eigenvalue weighted by atomic mass is 32.3. The number of hydrogen-bond acceptors (Lipinski definition) is 20. The molecule has 0 bridgehead atoms. The van der Waals surface area contributed by atoms with E-state index in [0.29, 0.717) is 60.6 Å². The van der Waals surface area contributed by atoms with Gasteiger partial charge < -0.3 is 74.4 Å². The summed E-state index contributed by atoms with van der Waals surface area (Å²) in [6.07, 6.45) is -1.17. The molecule has 0 saturated carbocycles. The van der Waals surface area contributed by atoms with Gasteiger partial charge in [-0.3, -0.25) is 47.8 Å². The van der Waals surface area contributed by atoms with Crippen molar-refractivity contribution in [2.45, 2.75) is 49.9 Å². The van der Waals surface area contributed by atoms with Crippen LogP contribution in [0.3, 0.4) is 0 Å². The molecule has 0 aliphatic carbocycles. The van der Waals surface area contributed by atoms with Crippen molar-refractivity contribution in [1.29, 1.82) is 0 Å². The van der Waals surface area contributed by atoms with Crippen molar-refractivity contribution in [3.63, 3.8) is 0 Å². The number of carboxylic acid groups (broad SMARTS) is 4. The standard InChI is InChI=1S/2C19H23N7O6.H2O4S/c2*20-19-25-15-14(17(30)26-19)23-11(8-22-15)7-21-10-3-1-9(2-4-10)16(29)24-12(18(31)32)5-6-13(27)28;1-5(2,3)4/h2*1-4,11-12,21,23H,5-8H2,(H,24,29)(H,27,28)(H,31,32)(H4,20,22,25,26,30);(H2,1,2,3,4)/t2*11-,12-;/m00./s1. The third-order valence-electron chi connectivity index (χ3n) is 9.50. The minimum absolute atomic E-state index is 0.0281. The molecule has 372 valence electrons. The van der Waals surface area contributed by atoms with Crippen molar-refractivity contribution in [3.05, 3.63) is 80.4 Å². The van der Waals surface area contributed by atoms with Crippen LogP contribution in [-0.2, 0) is 29.6 Å². The average molecular weight is 989 g/mol. The number of nitrogens with one attached hydrogen (secondary N) is 10. The van der Waals surface area contributed by atoms with Crippen molar-refractivity contribution < 1.29 is 66.7 Å². The Morgan fingerprint density at radius 3 is 1.26 bits per heavy atom. The Morgan fingerprint density at radius 2 is 0.957 bits per heavy atom. The number of carbonyl (C=O) groups excluding carboxylic acids is 2. The topological polar surface area (TPSA) is 498 Å². The molecule has 2 aliphatic heterocycles. The Labute approximate surface area is 388 Å². The summed E-state index contributed by atoms with van der Waals surface area (Å²) in [4.78, 5) is 105. The lowest BCUT2D eigenvalue weighted by Gasteiger charge is -2.27. The number of H-pyrrole nitrogens is 2. The van der Waals surface area contributed by atoms with E-state index in [2.05, 4.69) is 62.5 Å². The molecule has 0 fully saturated rings. The predicted octanol–water partition coefficient (Wildman–Crippen LogP) is -1.22. The van der Waals surface area contributed by atoms with Crippen LogP contribution in [0, 0.1) is 0 Å². The number of nitrogen functional groups attached to an aromatic ring is 2. The lowest BCUT2D eigenvalue weighted by atomic mass is 10.1. The van der Waals surface area contributed by atoms with E-state index in [1.165, 1.54) is 24.3 Å². The molecule has 31 heteroatoms. The molecule has 69 heavy (non-hydrogen) atoms. The normalized spacial score (nSPS) is 15.2. The molecule has 30 nitrogen and oxygen atoms in total. The van der Waals surface area contributed by atoms with Gasteiger partial charge in [-0.1, -0.05) is 0 Å². The summed E-state index contributed by atoms with van der Waals surface area (Å²) < 4.78 is 31.6. The van der Waals surface area contributed by atoms with Crippen LogP contribution < -0.4 is 65.1 Å². The number of aromatic amines is 2. The van der Waals surface area contributed by atoms with Crippen molar-refractivity contribution >= 4 is 92.4 Å². The fourth-order valence-electron chi connectivity index (χ4n) is 6.20. The summed E-state index contributed by atoms with van der Waals surface area (Å²) in [6, 6.07) is 9.87. The molecule has 2 aromatic carbocycles. The number of rotatable bonds is 18. The van der Waals surface area contributed by atoms with E-state index < -0.39 is 58.2 Å². The van der Waals surface area contributed by atoms with E-state index in [9.17, 15) is 38.4 Å². The molecule has 0 radical (unpaired) electrons. The average Bonchev–Trinajstić information content (AvgIpc) is 3.27. The van der Waals surface area contributed by atoms with Gasteiger partial charge in [-0.15, -0.1) is 0 Å². The van der Waals surface area contributed by atoms with Gasteiger partial charge in [0.1, 0.15) is 23.5 Å². The molecule has 0 spiro atoms. The molecule has 4 heterocycles. The first-order valence-electron chi connectivity index (χ1n) is 20.1. The second-order valence-corrected chi connectivity index (χ2v) is 15.6. The molecule has 2 aromatic heterocycles. The molecule has 2 amide bonds. The number of hydrogen-bond donors (Lipinski definition) is 18. The number of aromatic nitrogens is 4. The fourth-order valence-corrected chi connectivity index (χ4v) is 6.20. The van der Waals surface area contributed by atoms with Crippen LogP contribution in [0.5, 0.6) is 0 Å². The molecule has 2 aliphatic rings. The molecule has 4 atom stereocenters. The Hall–Kier alpha value is -8.71. The molecule has 6 rings (SSSR count). The summed E-state index contributed by atoms with van der Waals surface area (Å²) >= 11 is 0. The predicted molar refractivity (Wildman–Crippen MR) is 246 cm³/mol. The number of aliphatic carboxylic acids is 4. The zero-order chi connectivity index (χ0) is 51.0. The Kier molecular flexibility index (Phi) is 18.5. The highest BCUT2D eigenvalue weighted by Gasteiger charge is 2.25. The number of anilines is 8. The second-order valence-electron chi connectivity index (χ2n) is 14.8. The highest BCUT2D eigenvalue weighted by Crippen LogP contribution is 2.22. The maximum atomic E-state index is 12.3. The van der Waals surface area contributed by atoms with Crippen LogP contribution in [0.2, 0.25) is 0 Å². The molecule has 0 unspecified atom stereocenters. The van der Waals surface area contributed by atoms with Crippen LogP contribution in [0.4, 0.5) is 46.3 Å². The SMILES string of the molecule is Nc1nc2c(c(=O)[nH]1)N[C@@H](CNc1ccc(C(=O)N[C@@H](CCC(=O)O)C(=O)O)cc1)CN2.Nc1nc2c(c(=O)[nH]1)N[C@@H](CNc1ccc(C(=O)N[C@@H](CCC(=O)O)C(=O)O)cc1)CN2.O=S(=O)(O)O. The minimum atomic E-state index is -4.67. The van der Waals surface area contributed by atoms with Crippen molar-refractivity contribution in [1.82, 2.24) is 30.6 Å². The molecular weight excluding hydrogens is 941 g/mol. The summed E-state index contributed by atoms with van der Waals surface area (Å²) in [5.41, 5.74) is 12.8. The number of nitrogens with two attached hydrogens (primary N) is 2. The van der Waals surface area contributed by atoms with Gasteiger partial charge in [0.25, 0.3) is 22.9 Å². The number of amides is 2. The summed E-state index contributed by atoms with van der Waals surface area (Å²) in [5, 5.41) is 59.0. The van der Waals surface area contributed by atoms with Gasteiger partial charge in [0.15, 0.2) is 11.6 Å². The summed E-state index contributed by atoms with van der Waals surface area (Å²) in [6.45, 7) is 1.92. The molecular formula is C38H48N14O16S. The van der Waals surface area contributed by atoms with E-state index in [0.717, 1.165) is 0 Å². The van der Waals surface area contributed by atoms with Gasteiger partial charge in [0, 0.05) is 61.5 Å². The number of carboxylic acids is 4. The van der Waals surface area contributed by atoms with Gasteiger partial charge in [-0.2, -0.15) is 18.4 Å². The van der Waals surface area contributed by atoms with Gasteiger partial charge in [-0.25, -0.2) is 9.59 Å². The zero-order valence-corrected chi connectivity index (χ0v) is 36.6. The quantitative estimate of drug-likeness (QED) is 0.0520. The van der Waals surface area contributed by atoms with E-state index in [4.69, 9.17) is 49.4 Å². The summed E-state index contributed by atoms with van der Waals surface area (Å²) in [7, 11) is -4.67. The maximum Gasteiger partial charge on any atom is 0.394 e. The lowest BCUT2D eigenvalue weighted by Crippen LogP contribution is -2.41. The highest BCUT2D eigenvalue weighted by molar-refractivity contribution is 7.79. The Morgan fingerprint density at radius 1 is 0.623 bits per heavy atom. The van der Waals surface area contributed by atoms with E-state index in [1.54, 1.807) is 24.3 Å². The first kappa shape index (κ1) is 52.9. The number of carbonyl (C=O) groups is 6. The van der Waals surface area contributed by atoms with Crippen molar-refractivity contribution in [2.24, 2.45) is 0 Å². The minimum Gasteiger partial charge on any atom is -0.481 e. The third kappa shape index (κ3) is 17.6. The first-order valence-corrected chi connectivity index (χ1v) is 21.5. The van der Waals surface area contributed by atoms with Crippen LogP contribution >= 0.6 is 0 Å². The smallest absolute Gasteiger partial charge is 0.394 e. The van der Waals surface area contributed by atoms with Crippen LogP contribution in [-0.4, -0.2) is 144 Å². The maximum absolute atomic E-state index is 12.3.